The molecule has 0 saturated heterocycles. The van der Waals surface area contributed by atoms with Crippen LogP contribution in [-0.2, 0) is 28.9 Å². The Balaban J connectivity index is 1.70. The molecule has 0 aromatic carbocycles. The molecule has 10 heteroatoms. The molecule has 2 heterocycles. The number of amides is 1. The first-order chi connectivity index (χ1) is 13.0. The zero-order valence-corrected chi connectivity index (χ0v) is 15.7. The lowest BCUT2D eigenvalue weighted by atomic mass is 9.95. The minimum Gasteiger partial charge on any atom is -0.462 e. The van der Waals surface area contributed by atoms with Crippen molar-refractivity contribution >= 4 is 34.0 Å². The number of nitro groups is 1. The van der Waals surface area contributed by atoms with Crippen LogP contribution in [0.4, 0.5) is 10.8 Å². The van der Waals surface area contributed by atoms with E-state index in [2.05, 4.69) is 10.4 Å². The molecule has 144 valence electrons. The van der Waals surface area contributed by atoms with Gasteiger partial charge in [0.2, 0.25) is 5.91 Å². The van der Waals surface area contributed by atoms with Crippen molar-refractivity contribution in [1.29, 1.82) is 0 Å². The average Bonchev–Trinajstić information content (AvgIpc) is 3.24. The summed E-state index contributed by atoms with van der Waals surface area (Å²) >= 11 is 1.43. The number of nitrogens with zero attached hydrogens (tertiary/aromatic N) is 3. The van der Waals surface area contributed by atoms with E-state index in [1.165, 1.54) is 28.3 Å². The lowest BCUT2D eigenvalue weighted by molar-refractivity contribution is -0.389. The van der Waals surface area contributed by atoms with Gasteiger partial charge in [0, 0.05) is 11.3 Å². The predicted molar refractivity (Wildman–Crippen MR) is 99.0 cm³/mol. The van der Waals surface area contributed by atoms with Crippen molar-refractivity contribution < 1.29 is 19.2 Å². The largest absolute Gasteiger partial charge is 0.462 e. The van der Waals surface area contributed by atoms with Gasteiger partial charge in [-0.3, -0.25) is 4.79 Å². The number of aromatic nitrogens is 2. The number of esters is 1. The number of hydrogen-bond donors (Lipinski definition) is 1. The second kappa shape index (κ2) is 8.30. The molecule has 0 radical (unpaired) electrons. The SMILES string of the molecule is CCOC(=O)c1c(NC(=O)CCn2ccc([N+](=O)[O-])n2)sc2c1CCCC2. The Kier molecular flexibility index (Phi) is 5.84. The molecule has 0 spiro atoms. The molecule has 3 rings (SSSR count). The van der Waals surface area contributed by atoms with E-state index in [9.17, 15) is 19.7 Å². The number of fused-ring (bicyclic) bond motifs is 1. The van der Waals surface area contributed by atoms with E-state index in [0.29, 0.717) is 10.6 Å². The molecular formula is C17H20N4O5S. The maximum absolute atomic E-state index is 12.4. The van der Waals surface area contributed by atoms with Crippen molar-refractivity contribution in [1.82, 2.24) is 9.78 Å². The van der Waals surface area contributed by atoms with E-state index in [-0.39, 0.29) is 31.3 Å². The van der Waals surface area contributed by atoms with E-state index >= 15 is 0 Å². The van der Waals surface area contributed by atoms with Gasteiger partial charge in [-0.1, -0.05) is 0 Å². The fourth-order valence-corrected chi connectivity index (χ4v) is 4.34. The van der Waals surface area contributed by atoms with Gasteiger partial charge >= 0.3 is 11.8 Å². The molecule has 0 aliphatic heterocycles. The van der Waals surface area contributed by atoms with E-state index in [4.69, 9.17) is 4.74 Å². The van der Waals surface area contributed by atoms with Crippen LogP contribution in [0.25, 0.3) is 0 Å². The van der Waals surface area contributed by atoms with E-state index < -0.39 is 10.9 Å². The molecule has 1 N–H and O–H groups in total. The number of anilines is 1. The number of rotatable bonds is 7. The number of thiophene rings is 1. The molecular weight excluding hydrogens is 372 g/mol. The summed E-state index contributed by atoms with van der Waals surface area (Å²) in [5.41, 5.74) is 1.46. The van der Waals surface area contributed by atoms with Crippen molar-refractivity contribution in [2.45, 2.75) is 45.6 Å². The van der Waals surface area contributed by atoms with Crippen LogP contribution in [0.2, 0.25) is 0 Å². The summed E-state index contributed by atoms with van der Waals surface area (Å²) in [5.74, 6) is -0.946. The highest BCUT2D eigenvalue weighted by Crippen LogP contribution is 2.38. The summed E-state index contributed by atoms with van der Waals surface area (Å²) in [6.07, 6.45) is 5.35. The van der Waals surface area contributed by atoms with Crippen LogP contribution in [0.3, 0.4) is 0 Å². The van der Waals surface area contributed by atoms with Gasteiger partial charge in [0.05, 0.1) is 36.1 Å². The third-order valence-corrected chi connectivity index (χ3v) is 5.49. The minimum absolute atomic E-state index is 0.0870. The Bertz CT molecular complexity index is 873. The normalized spacial score (nSPS) is 13.1. The van der Waals surface area contributed by atoms with Crippen LogP contribution in [0.1, 0.15) is 47.0 Å². The Morgan fingerprint density at radius 3 is 2.89 bits per heavy atom. The smallest absolute Gasteiger partial charge is 0.389 e. The Hall–Kier alpha value is -2.75. The Morgan fingerprint density at radius 2 is 2.19 bits per heavy atom. The molecule has 0 unspecified atom stereocenters. The summed E-state index contributed by atoms with van der Waals surface area (Å²) in [7, 11) is 0. The van der Waals surface area contributed by atoms with Crippen molar-refractivity contribution in [2.24, 2.45) is 0 Å². The molecule has 0 bridgehead atoms. The quantitative estimate of drug-likeness (QED) is 0.440. The molecule has 0 saturated carbocycles. The monoisotopic (exact) mass is 392 g/mol. The van der Waals surface area contributed by atoms with Crippen LogP contribution in [0, 0.1) is 10.1 Å². The highest BCUT2D eigenvalue weighted by atomic mass is 32.1. The van der Waals surface area contributed by atoms with E-state index in [0.717, 1.165) is 36.1 Å². The zero-order chi connectivity index (χ0) is 19.4. The van der Waals surface area contributed by atoms with Gasteiger partial charge in [0.25, 0.3) is 0 Å². The maximum Gasteiger partial charge on any atom is 0.389 e. The highest BCUT2D eigenvalue weighted by Gasteiger charge is 2.27. The average molecular weight is 392 g/mol. The van der Waals surface area contributed by atoms with E-state index in [1.54, 1.807) is 6.92 Å². The number of hydrogen-bond acceptors (Lipinski definition) is 7. The molecule has 2 aromatic rings. The Labute approximate surface area is 159 Å². The van der Waals surface area contributed by atoms with Gasteiger partial charge in [-0.05, 0) is 43.1 Å². The number of carbonyl (C=O) groups excluding carboxylic acids is 2. The van der Waals surface area contributed by atoms with Crippen molar-refractivity contribution in [3.8, 4) is 0 Å². The van der Waals surface area contributed by atoms with Crippen LogP contribution < -0.4 is 5.32 Å². The zero-order valence-electron chi connectivity index (χ0n) is 14.9. The summed E-state index contributed by atoms with van der Waals surface area (Å²) in [6.45, 7) is 2.23. The molecule has 27 heavy (non-hydrogen) atoms. The molecule has 9 nitrogen and oxygen atoms in total. The fourth-order valence-electron chi connectivity index (χ4n) is 3.05. The van der Waals surface area contributed by atoms with E-state index in [1.807, 2.05) is 0 Å². The third kappa shape index (κ3) is 4.33. The topological polar surface area (TPSA) is 116 Å². The van der Waals surface area contributed by atoms with Crippen LogP contribution in [-0.4, -0.2) is 33.2 Å². The van der Waals surface area contributed by atoms with Gasteiger partial charge < -0.3 is 20.2 Å². The summed E-state index contributed by atoms with van der Waals surface area (Å²) in [5, 5.41) is 17.8. The number of ether oxygens (including phenoxy) is 1. The molecule has 1 aliphatic rings. The summed E-state index contributed by atoms with van der Waals surface area (Å²) in [6, 6.07) is 1.28. The summed E-state index contributed by atoms with van der Waals surface area (Å²) in [4.78, 5) is 35.9. The number of carbonyl (C=O) groups is 2. The molecule has 1 aliphatic carbocycles. The highest BCUT2D eigenvalue weighted by molar-refractivity contribution is 7.17. The van der Waals surface area contributed by atoms with Gasteiger partial charge in [0.15, 0.2) is 0 Å². The predicted octanol–water partition coefficient (Wildman–Crippen LogP) is 2.94. The third-order valence-electron chi connectivity index (χ3n) is 4.29. The van der Waals surface area contributed by atoms with Crippen LogP contribution in [0.15, 0.2) is 12.3 Å². The molecule has 2 aromatic heterocycles. The van der Waals surface area contributed by atoms with Crippen LogP contribution >= 0.6 is 11.3 Å². The second-order valence-corrected chi connectivity index (χ2v) is 7.23. The van der Waals surface area contributed by atoms with Gasteiger partial charge in [-0.2, -0.15) is 4.68 Å². The van der Waals surface area contributed by atoms with Gasteiger partial charge in [-0.15, -0.1) is 11.3 Å². The maximum atomic E-state index is 12.4. The fraction of sp³-hybridized carbons (Fsp3) is 0.471. The van der Waals surface area contributed by atoms with Gasteiger partial charge in [-0.25, -0.2) is 4.79 Å². The van der Waals surface area contributed by atoms with Gasteiger partial charge in [0.1, 0.15) is 5.00 Å². The standard InChI is InChI=1S/C17H20N4O5S/c1-2-26-17(23)15-11-5-3-4-6-12(11)27-16(15)18-14(22)8-10-20-9-7-13(19-20)21(24)25/h7,9H,2-6,8,10H2,1H3,(H,18,22). The lowest BCUT2D eigenvalue weighted by Gasteiger charge is -2.12. The molecule has 1 amide bonds. The first-order valence-electron chi connectivity index (χ1n) is 8.79. The lowest BCUT2D eigenvalue weighted by Crippen LogP contribution is -2.17. The number of aryl methyl sites for hydroxylation is 2. The summed E-state index contributed by atoms with van der Waals surface area (Å²) < 4.78 is 6.52. The Morgan fingerprint density at radius 1 is 1.41 bits per heavy atom. The van der Waals surface area contributed by atoms with Crippen molar-refractivity contribution in [2.75, 3.05) is 11.9 Å². The first kappa shape index (κ1) is 19.0. The minimum atomic E-state index is -0.585. The van der Waals surface area contributed by atoms with Crippen molar-refractivity contribution in [3.63, 3.8) is 0 Å². The number of nitrogens with one attached hydrogen (secondary N) is 1. The molecule has 0 fully saturated rings. The van der Waals surface area contributed by atoms with Crippen molar-refractivity contribution in [3.05, 3.63) is 38.4 Å². The first-order valence-corrected chi connectivity index (χ1v) is 9.60. The second-order valence-electron chi connectivity index (χ2n) is 6.13. The molecule has 0 atom stereocenters. The van der Waals surface area contributed by atoms with Crippen LogP contribution in [0.5, 0.6) is 0 Å².